The van der Waals surface area contributed by atoms with Gasteiger partial charge in [-0.15, -0.1) is 0 Å². The molecule has 0 radical (unpaired) electrons. The predicted molar refractivity (Wildman–Crippen MR) is 146 cm³/mol. The van der Waals surface area contributed by atoms with E-state index >= 15 is 0 Å². The fourth-order valence-corrected chi connectivity index (χ4v) is 5.25. The van der Waals surface area contributed by atoms with Crippen LogP contribution in [0.1, 0.15) is 41.6 Å². The average Bonchev–Trinajstić information content (AvgIpc) is 2.92. The molecule has 5 rings (SSSR count). The number of carbonyl (C=O) groups is 1. The van der Waals surface area contributed by atoms with Gasteiger partial charge in [-0.2, -0.15) is 0 Å². The van der Waals surface area contributed by atoms with Crippen LogP contribution in [0.2, 0.25) is 0 Å². The lowest BCUT2D eigenvalue weighted by atomic mass is 10.0. The van der Waals surface area contributed by atoms with Gasteiger partial charge in [0.2, 0.25) is 0 Å². The first-order chi connectivity index (χ1) is 17.9. The molecule has 0 spiro atoms. The fraction of sp³-hybridized carbons (Fsp3) is 0.300. The fourth-order valence-electron chi connectivity index (χ4n) is 5.25. The summed E-state index contributed by atoms with van der Waals surface area (Å²) in [5.74, 6) is 1.32. The second kappa shape index (κ2) is 10.2. The van der Waals surface area contributed by atoms with Crippen molar-refractivity contribution in [3.63, 3.8) is 0 Å². The first kappa shape index (κ1) is 24.7. The van der Waals surface area contributed by atoms with Crippen LogP contribution in [-0.2, 0) is 0 Å². The number of para-hydroxylation sites is 3. The molecule has 3 aromatic carbocycles. The molecule has 190 valence electrons. The topological polar surface area (TPSA) is 67.7 Å². The predicted octanol–water partition coefficient (Wildman–Crippen LogP) is 4.61. The number of methoxy groups -OCH3 is 1. The molecule has 0 N–H and O–H groups in total. The van der Waals surface area contributed by atoms with Crippen LogP contribution in [0.4, 0.5) is 0 Å². The molecular formula is C30H32N4O3. The normalized spacial score (nSPS) is 17.1. The Labute approximate surface area is 216 Å². The van der Waals surface area contributed by atoms with Crippen molar-refractivity contribution in [3.05, 3.63) is 100 Å². The van der Waals surface area contributed by atoms with Crippen molar-refractivity contribution >= 4 is 16.8 Å². The largest absolute Gasteiger partial charge is 0.495 e. The molecule has 0 saturated carbocycles. The number of fused-ring (bicyclic) bond motifs is 1. The summed E-state index contributed by atoms with van der Waals surface area (Å²) in [6.45, 7) is 8.08. The highest BCUT2D eigenvalue weighted by molar-refractivity contribution is 5.95. The SMILES string of the molecule is COc1ccccc1-n1c(C(C)N2CCN(C(=O)c3ccccc3C)C(C)C2)nc2ccccc2c1=O. The van der Waals surface area contributed by atoms with E-state index in [1.54, 1.807) is 11.7 Å². The molecule has 2 heterocycles. The van der Waals surface area contributed by atoms with E-state index in [1.807, 2.05) is 84.6 Å². The Balaban J connectivity index is 1.51. The second-order valence-corrected chi connectivity index (χ2v) is 9.63. The number of benzene rings is 3. The molecule has 1 saturated heterocycles. The lowest BCUT2D eigenvalue weighted by Crippen LogP contribution is -2.54. The van der Waals surface area contributed by atoms with Crippen molar-refractivity contribution < 1.29 is 9.53 Å². The number of rotatable bonds is 5. The van der Waals surface area contributed by atoms with E-state index in [0.717, 1.165) is 11.1 Å². The van der Waals surface area contributed by atoms with Crippen LogP contribution in [0.3, 0.4) is 0 Å². The molecule has 7 nitrogen and oxygen atoms in total. The van der Waals surface area contributed by atoms with Crippen molar-refractivity contribution in [2.45, 2.75) is 32.9 Å². The van der Waals surface area contributed by atoms with E-state index in [1.165, 1.54) is 0 Å². The van der Waals surface area contributed by atoms with Crippen molar-refractivity contribution in [2.24, 2.45) is 0 Å². The Morgan fingerprint density at radius 1 is 1.00 bits per heavy atom. The standard InChI is InChI=1S/C30H32N4O3/c1-20-11-5-6-12-23(20)29(35)33-18-17-32(19-21(33)2)22(3)28-31-25-14-8-7-13-24(25)30(36)34(28)26-15-9-10-16-27(26)37-4/h5-16,21-22H,17-19H2,1-4H3. The summed E-state index contributed by atoms with van der Waals surface area (Å²) in [5, 5.41) is 0.561. The van der Waals surface area contributed by atoms with Crippen LogP contribution in [0, 0.1) is 6.92 Å². The number of piperazine rings is 1. The monoisotopic (exact) mass is 496 g/mol. The maximum Gasteiger partial charge on any atom is 0.266 e. The average molecular weight is 497 g/mol. The van der Waals surface area contributed by atoms with Crippen molar-refractivity contribution in [3.8, 4) is 11.4 Å². The molecule has 4 aromatic rings. The summed E-state index contributed by atoms with van der Waals surface area (Å²) in [4.78, 5) is 36.3. The Morgan fingerprint density at radius 2 is 1.70 bits per heavy atom. The number of ether oxygens (including phenoxy) is 1. The van der Waals surface area contributed by atoms with Gasteiger partial charge in [-0.05, 0) is 56.7 Å². The summed E-state index contributed by atoms with van der Waals surface area (Å²) in [6.07, 6.45) is 0. The molecule has 7 heteroatoms. The Hall–Kier alpha value is -3.97. The van der Waals surface area contributed by atoms with Gasteiger partial charge >= 0.3 is 0 Å². The van der Waals surface area contributed by atoms with E-state index < -0.39 is 0 Å². The zero-order valence-corrected chi connectivity index (χ0v) is 21.7. The summed E-state index contributed by atoms with van der Waals surface area (Å²) >= 11 is 0. The molecular weight excluding hydrogens is 464 g/mol. The number of aromatic nitrogens is 2. The lowest BCUT2D eigenvalue weighted by molar-refractivity contribution is 0.0393. The third-order valence-electron chi connectivity index (χ3n) is 7.34. The molecule has 1 aliphatic rings. The van der Waals surface area contributed by atoms with Crippen molar-refractivity contribution in [2.75, 3.05) is 26.7 Å². The maximum atomic E-state index is 13.8. The molecule has 1 fully saturated rings. The number of hydrogen-bond donors (Lipinski definition) is 0. The molecule has 37 heavy (non-hydrogen) atoms. The minimum Gasteiger partial charge on any atom is -0.495 e. The van der Waals surface area contributed by atoms with Crippen LogP contribution in [0.15, 0.2) is 77.6 Å². The first-order valence-corrected chi connectivity index (χ1v) is 12.7. The van der Waals surface area contributed by atoms with E-state index in [0.29, 0.717) is 47.8 Å². The van der Waals surface area contributed by atoms with Gasteiger partial charge in [-0.3, -0.25) is 19.1 Å². The van der Waals surface area contributed by atoms with Crippen molar-refractivity contribution in [1.82, 2.24) is 19.4 Å². The van der Waals surface area contributed by atoms with E-state index in [2.05, 4.69) is 18.7 Å². The summed E-state index contributed by atoms with van der Waals surface area (Å²) in [5.41, 5.74) is 2.94. The summed E-state index contributed by atoms with van der Waals surface area (Å²) in [6, 6.07) is 22.5. The molecule has 2 unspecified atom stereocenters. The third kappa shape index (κ3) is 4.51. The molecule has 0 bridgehead atoms. The van der Waals surface area contributed by atoms with Gasteiger partial charge in [-0.1, -0.05) is 42.5 Å². The Morgan fingerprint density at radius 3 is 2.46 bits per heavy atom. The highest BCUT2D eigenvalue weighted by atomic mass is 16.5. The van der Waals surface area contributed by atoms with Gasteiger partial charge < -0.3 is 9.64 Å². The molecule has 1 aromatic heterocycles. The van der Waals surface area contributed by atoms with E-state index in [-0.39, 0.29) is 23.6 Å². The first-order valence-electron chi connectivity index (χ1n) is 12.7. The van der Waals surface area contributed by atoms with Gasteiger partial charge in [0.25, 0.3) is 11.5 Å². The number of aryl methyl sites for hydroxylation is 1. The zero-order valence-electron chi connectivity index (χ0n) is 21.7. The highest BCUT2D eigenvalue weighted by Gasteiger charge is 2.33. The van der Waals surface area contributed by atoms with Crippen LogP contribution >= 0.6 is 0 Å². The lowest BCUT2D eigenvalue weighted by Gasteiger charge is -2.42. The van der Waals surface area contributed by atoms with Crippen LogP contribution in [0.5, 0.6) is 5.75 Å². The quantitative estimate of drug-likeness (QED) is 0.404. The van der Waals surface area contributed by atoms with Gasteiger partial charge in [0.15, 0.2) is 0 Å². The van der Waals surface area contributed by atoms with Crippen LogP contribution in [0.25, 0.3) is 16.6 Å². The molecule has 2 atom stereocenters. The third-order valence-corrected chi connectivity index (χ3v) is 7.34. The van der Waals surface area contributed by atoms with Gasteiger partial charge in [0, 0.05) is 31.2 Å². The number of carbonyl (C=O) groups excluding carboxylic acids is 1. The number of nitrogens with zero attached hydrogens (tertiary/aromatic N) is 4. The summed E-state index contributed by atoms with van der Waals surface area (Å²) in [7, 11) is 1.60. The number of hydrogen-bond acceptors (Lipinski definition) is 5. The molecule has 0 aliphatic carbocycles. The Bertz CT molecular complexity index is 1510. The van der Waals surface area contributed by atoms with E-state index in [4.69, 9.17) is 9.72 Å². The highest BCUT2D eigenvalue weighted by Crippen LogP contribution is 2.29. The van der Waals surface area contributed by atoms with Crippen molar-refractivity contribution in [1.29, 1.82) is 0 Å². The van der Waals surface area contributed by atoms with Gasteiger partial charge in [0.05, 0.1) is 29.7 Å². The molecule has 1 aliphatic heterocycles. The molecule has 1 amide bonds. The zero-order chi connectivity index (χ0) is 26.1. The minimum absolute atomic E-state index is 0.00944. The van der Waals surface area contributed by atoms with Gasteiger partial charge in [-0.25, -0.2) is 4.98 Å². The van der Waals surface area contributed by atoms with Crippen LogP contribution < -0.4 is 10.3 Å². The minimum atomic E-state index is -0.166. The Kier molecular flexibility index (Phi) is 6.80. The second-order valence-electron chi connectivity index (χ2n) is 9.63. The van der Waals surface area contributed by atoms with E-state index in [9.17, 15) is 9.59 Å². The number of amides is 1. The van der Waals surface area contributed by atoms with Gasteiger partial charge in [0.1, 0.15) is 11.6 Å². The smallest absolute Gasteiger partial charge is 0.266 e. The van der Waals surface area contributed by atoms with Crippen LogP contribution in [-0.4, -0.2) is 58.0 Å². The maximum absolute atomic E-state index is 13.8. The summed E-state index contributed by atoms with van der Waals surface area (Å²) < 4.78 is 7.29.